The predicted octanol–water partition coefficient (Wildman–Crippen LogP) is 0.958. The van der Waals surface area contributed by atoms with Gasteiger partial charge in [0.15, 0.2) is 0 Å². The first-order chi connectivity index (χ1) is 9.31. The SMILES string of the molecule is O=c1[nH][nH]c(=C2CC2)c1=Cc1cc2ccccc2[nH]1. The van der Waals surface area contributed by atoms with Gasteiger partial charge in [0.2, 0.25) is 0 Å². The number of aromatic amines is 3. The van der Waals surface area contributed by atoms with Crippen LogP contribution in [0.5, 0.6) is 0 Å². The van der Waals surface area contributed by atoms with E-state index < -0.39 is 0 Å². The normalized spacial score (nSPS) is 15.4. The number of H-pyrrole nitrogens is 3. The molecular formula is C15H13N3O. The van der Waals surface area contributed by atoms with Gasteiger partial charge >= 0.3 is 0 Å². The molecule has 1 fully saturated rings. The Kier molecular flexibility index (Phi) is 2.06. The van der Waals surface area contributed by atoms with Gasteiger partial charge < -0.3 is 4.98 Å². The van der Waals surface area contributed by atoms with E-state index in [1.54, 1.807) is 0 Å². The summed E-state index contributed by atoms with van der Waals surface area (Å²) in [5, 5.41) is 8.47. The number of para-hydroxylation sites is 1. The molecule has 2 heterocycles. The van der Waals surface area contributed by atoms with Gasteiger partial charge in [-0.2, -0.15) is 0 Å². The Balaban J connectivity index is 1.99. The zero-order chi connectivity index (χ0) is 12.8. The third kappa shape index (κ3) is 1.73. The Morgan fingerprint density at radius 2 is 1.95 bits per heavy atom. The molecule has 0 unspecified atom stereocenters. The third-order valence-electron chi connectivity index (χ3n) is 3.52. The molecule has 0 bridgehead atoms. The zero-order valence-electron chi connectivity index (χ0n) is 10.3. The van der Waals surface area contributed by atoms with Gasteiger partial charge in [-0.05, 0) is 42.0 Å². The van der Waals surface area contributed by atoms with E-state index in [0.717, 1.165) is 40.0 Å². The first-order valence-corrected chi connectivity index (χ1v) is 6.39. The minimum Gasteiger partial charge on any atom is -0.355 e. The number of hydrogen-bond donors (Lipinski definition) is 3. The number of aromatic nitrogens is 3. The van der Waals surface area contributed by atoms with Crippen molar-refractivity contribution in [1.29, 1.82) is 0 Å². The van der Waals surface area contributed by atoms with Crippen LogP contribution in [0, 0.1) is 0 Å². The van der Waals surface area contributed by atoms with Crippen molar-refractivity contribution in [1.82, 2.24) is 15.2 Å². The van der Waals surface area contributed by atoms with E-state index in [1.807, 2.05) is 24.3 Å². The quantitative estimate of drug-likeness (QED) is 0.592. The summed E-state index contributed by atoms with van der Waals surface area (Å²) in [5.74, 6) is 0. The molecular weight excluding hydrogens is 238 g/mol. The molecule has 0 radical (unpaired) electrons. The third-order valence-corrected chi connectivity index (χ3v) is 3.52. The summed E-state index contributed by atoms with van der Waals surface area (Å²) in [7, 11) is 0. The summed E-state index contributed by atoms with van der Waals surface area (Å²) >= 11 is 0. The van der Waals surface area contributed by atoms with Crippen molar-refractivity contribution < 1.29 is 0 Å². The molecule has 0 aliphatic heterocycles. The van der Waals surface area contributed by atoms with E-state index in [4.69, 9.17) is 0 Å². The number of hydrogen-bond acceptors (Lipinski definition) is 1. The second kappa shape index (κ2) is 3.75. The smallest absolute Gasteiger partial charge is 0.271 e. The molecule has 3 aromatic rings. The van der Waals surface area contributed by atoms with Gasteiger partial charge in [-0.3, -0.25) is 15.0 Å². The molecule has 0 saturated heterocycles. The molecule has 3 N–H and O–H groups in total. The lowest BCUT2D eigenvalue weighted by Crippen LogP contribution is -2.33. The maximum atomic E-state index is 11.8. The summed E-state index contributed by atoms with van der Waals surface area (Å²) in [6.07, 6.45) is 4.08. The minimum atomic E-state index is -0.0620. The van der Waals surface area contributed by atoms with E-state index in [0.29, 0.717) is 0 Å². The molecule has 1 aromatic carbocycles. The molecule has 0 spiro atoms. The van der Waals surface area contributed by atoms with Crippen molar-refractivity contribution in [3.8, 4) is 0 Å². The molecule has 94 valence electrons. The summed E-state index contributed by atoms with van der Waals surface area (Å²) in [4.78, 5) is 15.2. The number of rotatable bonds is 1. The Bertz CT molecular complexity index is 901. The standard InChI is InChI=1S/C15H13N3O/c19-15-12(14(17-18-15)9-5-6-9)8-11-7-10-3-1-2-4-13(10)16-11/h1-4,7-8,16-17H,5-6H2,(H,18,19). The van der Waals surface area contributed by atoms with Crippen LogP contribution >= 0.6 is 0 Å². The molecule has 4 rings (SSSR count). The lowest BCUT2D eigenvalue weighted by atomic mass is 10.2. The highest BCUT2D eigenvalue weighted by atomic mass is 16.1. The Morgan fingerprint density at radius 1 is 1.11 bits per heavy atom. The van der Waals surface area contributed by atoms with Crippen LogP contribution < -0.4 is 16.1 Å². The molecule has 19 heavy (non-hydrogen) atoms. The molecule has 0 amide bonds. The number of fused-ring (bicyclic) bond motifs is 1. The molecule has 4 nitrogen and oxygen atoms in total. The van der Waals surface area contributed by atoms with Gasteiger partial charge in [0.1, 0.15) is 0 Å². The van der Waals surface area contributed by atoms with E-state index >= 15 is 0 Å². The first-order valence-electron chi connectivity index (χ1n) is 6.39. The fourth-order valence-corrected chi connectivity index (χ4v) is 2.43. The Hall–Kier alpha value is -2.49. The first kappa shape index (κ1) is 10.4. The maximum Gasteiger partial charge on any atom is 0.271 e. The average Bonchev–Trinajstić information content (AvgIpc) is 3.07. The highest BCUT2D eigenvalue weighted by Crippen LogP contribution is 2.26. The van der Waals surface area contributed by atoms with Crippen LogP contribution in [0.3, 0.4) is 0 Å². The topological polar surface area (TPSA) is 64.4 Å². The molecule has 1 saturated carbocycles. The van der Waals surface area contributed by atoms with Gasteiger partial charge in [0, 0.05) is 11.2 Å². The largest absolute Gasteiger partial charge is 0.355 e. The van der Waals surface area contributed by atoms with Crippen LogP contribution in [0.15, 0.2) is 35.1 Å². The van der Waals surface area contributed by atoms with Crippen LogP contribution in [0.4, 0.5) is 0 Å². The Labute approximate surface area is 108 Å². The van der Waals surface area contributed by atoms with Crippen molar-refractivity contribution >= 4 is 22.6 Å². The van der Waals surface area contributed by atoms with Gasteiger partial charge in [-0.25, -0.2) is 0 Å². The minimum absolute atomic E-state index is 0.0620. The monoisotopic (exact) mass is 251 g/mol. The lowest BCUT2D eigenvalue weighted by Gasteiger charge is -1.84. The summed E-state index contributed by atoms with van der Waals surface area (Å²) in [6.45, 7) is 0. The van der Waals surface area contributed by atoms with Crippen LogP contribution in [0.2, 0.25) is 0 Å². The second-order valence-electron chi connectivity index (χ2n) is 4.93. The van der Waals surface area contributed by atoms with Gasteiger partial charge in [0.05, 0.1) is 10.6 Å². The van der Waals surface area contributed by atoms with Crippen molar-refractivity contribution in [2.75, 3.05) is 0 Å². The second-order valence-corrected chi connectivity index (χ2v) is 4.93. The number of nitrogens with one attached hydrogen (secondary N) is 3. The van der Waals surface area contributed by atoms with E-state index in [1.165, 1.54) is 5.57 Å². The van der Waals surface area contributed by atoms with E-state index in [2.05, 4.69) is 27.3 Å². The highest BCUT2D eigenvalue weighted by Gasteiger charge is 2.14. The van der Waals surface area contributed by atoms with Crippen molar-refractivity contribution in [3.63, 3.8) is 0 Å². The van der Waals surface area contributed by atoms with Crippen LogP contribution in [-0.4, -0.2) is 15.2 Å². The highest BCUT2D eigenvalue weighted by molar-refractivity contribution is 5.82. The van der Waals surface area contributed by atoms with Gasteiger partial charge in [-0.15, -0.1) is 0 Å². The summed E-state index contributed by atoms with van der Waals surface area (Å²) in [6, 6.07) is 10.2. The van der Waals surface area contributed by atoms with E-state index in [-0.39, 0.29) is 5.56 Å². The fourth-order valence-electron chi connectivity index (χ4n) is 2.43. The van der Waals surface area contributed by atoms with Gasteiger partial charge in [0.25, 0.3) is 5.56 Å². The average molecular weight is 251 g/mol. The molecule has 1 aliphatic carbocycles. The molecule has 4 heteroatoms. The van der Waals surface area contributed by atoms with Crippen LogP contribution in [0.25, 0.3) is 22.6 Å². The van der Waals surface area contributed by atoms with Crippen molar-refractivity contribution in [2.45, 2.75) is 12.8 Å². The maximum absolute atomic E-state index is 11.8. The van der Waals surface area contributed by atoms with E-state index in [9.17, 15) is 4.79 Å². The van der Waals surface area contributed by atoms with Crippen LogP contribution in [0.1, 0.15) is 18.5 Å². The molecule has 2 aromatic heterocycles. The van der Waals surface area contributed by atoms with Crippen LogP contribution in [-0.2, 0) is 0 Å². The lowest BCUT2D eigenvalue weighted by molar-refractivity contribution is 1.03. The number of benzene rings is 1. The summed E-state index contributed by atoms with van der Waals surface area (Å²) in [5.41, 5.74) is 3.30. The fraction of sp³-hybridized carbons (Fsp3) is 0.133. The Morgan fingerprint density at radius 3 is 2.74 bits per heavy atom. The zero-order valence-corrected chi connectivity index (χ0v) is 10.3. The van der Waals surface area contributed by atoms with Gasteiger partial charge in [-0.1, -0.05) is 18.2 Å². The predicted molar refractivity (Wildman–Crippen MR) is 75.2 cm³/mol. The van der Waals surface area contributed by atoms with Crippen molar-refractivity contribution in [2.24, 2.45) is 0 Å². The summed E-state index contributed by atoms with van der Waals surface area (Å²) < 4.78 is 0. The van der Waals surface area contributed by atoms with Crippen molar-refractivity contribution in [3.05, 3.63) is 56.9 Å². The molecule has 1 aliphatic rings. The molecule has 0 atom stereocenters.